The molecule has 0 bridgehead atoms. The van der Waals surface area contributed by atoms with Crippen LogP contribution < -0.4 is 11.1 Å². The Balaban J connectivity index is 1.86. The molecule has 2 fully saturated rings. The van der Waals surface area contributed by atoms with E-state index < -0.39 is 0 Å². The topological polar surface area (TPSA) is 75.3 Å². The Bertz CT molecular complexity index is 309. The third kappa shape index (κ3) is 3.93. The van der Waals surface area contributed by atoms with E-state index in [-0.39, 0.29) is 30.0 Å². The molecule has 2 saturated carbocycles. The van der Waals surface area contributed by atoms with Gasteiger partial charge in [-0.1, -0.05) is 26.2 Å². The van der Waals surface area contributed by atoms with Gasteiger partial charge in [0, 0.05) is 12.0 Å². The summed E-state index contributed by atoms with van der Waals surface area (Å²) in [6.45, 7) is 2.16. The summed E-state index contributed by atoms with van der Waals surface area (Å²) in [6.07, 6.45) is 7.43. The van der Waals surface area contributed by atoms with Crippen LogP contribution in [0.25, 0.3) is 0 Å². The maximum absolute atomic E-state index is 12.3. The zero-order valence-corrected chi connectivity index (χ0v) is 12.0. The van der Waals surface area contributed by atoms with Crippen molar-refractivity contribution in [1.82, 2.24) is 5.32 Å². The van der Waals surface area contributed by atoms with Crippen LogP contribution in [0.2, 0.25) is 0 Å². The summed E-state index contributed by atoms with van der Waals surface area (Å²) in [6, 6.07) is 0.0918. The molecule has 4 nitrogen and oxygen atoms in total. The maximum Gasteiger partial charge on any atom is 0.223 e. The average Bonchev–Trinajstić information content (AvgIpc) is 2.58. The van der Waals surface area contributed by atoms with E-state index >= 15 is 0 Å². The summed E-state index contributed by atoms with van der Waals surface area (Å²) < 4.78 is 0. The van der Waals surface area contributed by atoms with Crippen LogP contribution in [0.4, 0.5) is 0 Å². The minimum Gasteiger partial charge on any atom is -0.391 e. The molecule has 19 heavy (non-hydrogen) atoms. The Hall–Kier alpha value is -0.610. The van der Waals surface area contributed by atoms with Crippen molar-refractivity contribution in [3.8, 4) is 0 Å². The Morgan fingerprint density at radius 3 is 2.63 bits per heavy atom. The van der Waals surface area contributed by atoms with Gasteiger partial charge in [-0.3, -0.25) is 4.79 Å². The molecule has 0 aliphatic heterocycles. The highest BCUT2D eigenvalue weighted by atomic mass is 16.3. The first-order valence-electron chi connectivity index (χ1n) is 7.82. The molecule has 1 amide bonds. The average molecular weight is 268 g/mol. The fourth-order valence-corrected chi connectivity index (χ4v) is 3.35. The standard InChI is InChI=1S/C15H28N2O2/c1-10-7-8-11(9-12(10)16)15(19)17-13-5-3-2-4-6-14(13)18/h10-14,18H,2-9,16H2,1H3,(H,17,19). The van der Waals surface area contributed by atoms with Gasteiger partial charge in [0.25, 0.3) is 0 Å². The normalized spacial score (nSPS) is 40.5. The molecule has 5 atom stereocenters. The van der Waals surface area contributed by atoms with Crippen LogP contribution in [0.1, 0.15) is 58.3 Å². The van der Waals surface area contributed by atoms with Crippen LogP contribution >= 0.6 is 0 Å². The zero-order chi connectivity index (χ0) is 13.8. The van der Waals surface area contributed by atoms with Gasteiger partial charge in [0.05, 0.1) is 12.1 Å². The highest BCUT2D eigenvalue weighted by Gasteiger charge is 2.32. The second-order valence-corrected chi connectivity index (χ2v) is 6.47. The molecule has 2 aliphatic carbocycles. The summed E-state index contributed by atoms with van der Waals surface area (Å²) in [7, 11) is 0. The summed E-state index contributed by atoms with van der Waals surface area (Å²) in [5.41, 5.74) is 6.06. The number of aliphatic hydroxyl groups is 1. The van der Waals surface area contributed by atoms with Gasteiger partial charge in [-0.2, -0.15) is 0 Å². The Morgan fingerprint density at radius 1 is 1.16 bits per heavy atom. The van der Waals surface area contributed by atoms with Crippen molar-refractivity contribution in [3.63, 3.8) is 0 Å². The summed E-state index contributed by atoms with van der Waals surface area (Å²) in [4.78, 5) is 12.3. The van der Waals surface area contributed by atoms with Gasteiger partial charge in [-0.15, -0.1) is 0 Å². The lowest BCUT2D eigenvalue weighted by Gasteiger charge is -2.32. The number of hydrogen-bond donors (Lipinski definition) is 3. The fraction of sp³-hybridized carbons (Fsp3) is 0.933. The van der Waals surface area contributed by atoms with Crippen molar-refractivity contribution in [3.05, 3.63) is 0 Å². The molecule has 2 rings (SSSR count). The zero-order valence-electron chi connectivity index (χ0n) is 12.0. The first-order valence-corrected chi connectivity index (χ1v) is 7.82. The van der Waals surface area contributed by atoms with E-state index in [2.05, 4.69) is 12.2 Å². The van der Waals surface area contributed by atoms with Gasteiger partial charge in [-0.25, -0.2) is 0 Å². The van der Waals surface area contributed by atoms with Crippen molar-refractivity contribution in [2.24, 2.45) is 17.6 Å². The first kappa shape index (κ1) is 14.8. The molecule has 0 spiro atoms. The number of carbonyl (C=O) groups is 1. The third-order valence-electron chi connectivity index (χ3n) is 4.94. The molecule has 4 N–H and O–H groups in total. The molecule has 0 radical (unpaired) electrons. The number of nitrogens with one attached hydrogen (secondary N) is 1. The molecule has 2 aliphatic rings. The second-order valence-electron chi connectivity index (χ2n) is 6.47. The lowest BCUT2D eigenvalue weighted by molar-refractivity contribution is -0.128. The van der Waals surface area contributed by atoms with Crippen molar-refractivity contribution >= 4 is 5.91 Å². The molecule has 0 saturated heterocycles. The lowest BCUT2D eigenvalue weighted by Crippen LogP contribution is -2.48. The Kier molecular flexibility index (Phi) is 5.22. The summed E-state index contributed by atoms with van der Waals surface area (Å²) in [5, 5.41) is 13.1. The molecule has 4 heteroatoms. The monoisotopic (exact) mass is 268 g/mol. The van der Waals surface area contributed by atoms with Gasteiger partial charge in [0.1, 0.15) is 0 Å². The molecule has 0 aromatic heterocycles. The van der Waals surface area contributed by atoms with Crippen LogP contribution in [0.5, 0.6) is 0 Å². The Labute approximate surface area is 116 Å². The smallest absolute Gasteiger partial charge is 0.223 e. The van der Waals surface area contributed by atoms with E-state index in [0.717, 1.165) is 51.4 Å². The number of nitrogens with two attached hydrogens (primary N) is 1. The number of amides is 1. The number of rotatable bonds is 2. The molecular weight excluding hydrogens is 240 g/mol. The minimum absolute atomic E-state index is 0.0432. The predicted octanol–water partition coefficient (Wildman–Crippen LogP) is 1.56. The van der Waals surface area contributed by atoms with E-state index in [9.17, 15) is 9.90 Å². The van der Waals surface area contributed by atoms with Gasteiger partial charge in [0.15, 0.2) is 0 Å². The summed E-state index contributed by atoms with van der Waals surface area (Å²) >= 11 is 0. The second kappa shape index (κ2) is 6.71. The molecule has 5 unspecified atom stereocenters. The number of carbonyl (C=O) groups excluding carboxylic acids is 1. The molecule has 0 aromatic rings. The van der Waals surface area contributed by atoms with Gasteiger partial charge in [0.2, 0.25) is 5.91 Å². The molecule has 0 aromatic carbocycles. The van der Waals surface area contributed by atoms with E-state index in [1.807, 2.05) is 0 Å². The predicted molar refractivity (Wildman–Crippen MR) is 75.5 cm³/mol. The van der Waals surface area contributed by atoms with Crippen molar-refractivity contribution in [2.45, 2.75) is 76.5 Å². The highest BCUT2D eigenvalue weighted by Crippen LogP contribution is 2.28. The number of hydrogen-bond acceptors (Lipinski definition) is 3. The van der Waals surface area contributed by atoms with E-state index in [1.165, 1.54) is 0 Å². The van der Waals surface area contributed by atoms with Crippen LogP contribution in [0.3, 0.4) is 0 Å². The van der Waals surface area contributed by atoms with Crippen molar-refractivity contribution in [2.75, 3.05) is 0 Å². The lowest BCUT2D eigenvalue weighted by atomic mass is 9.79. The quantitative estimate of drug-likeness (QED) is 0.665. The van der Waals surface area contributed by atoms with E-state index in [4.69, 9.17) is 5.73 Å². The first-order chi connectivity index (χ1) is 9.08. The van der Waals surface area contributed by atoms with Crippen LogP contribution in [-0.4, -0.2) is 29.2 Å². The van der Waals surface area contributed by atoms with Gasteiger partial charge < -0.3 is 16.2 Å². The van der Waals surface area contributed by atoms with Crippen LogP contribution in [-0.2, 0) is 4.79 Å². The van der Waals surface area contributed by atoms with Gasteiger partial charge in [-0.05, 0) is 38.0 Å². The number of aliphatic hydroxyl groups excluding tert-OH is 1. The molecule has 0 heterocycles. The van der Waals surface area contributed by atoms with Crippen molar-refractivity contribution < 1.29 is 9.90 Å². The van der Waals surface area contributed by atoms with E-state index in [1.54, 1.807) is 0 Å². The van der Waals surface area contributed by atoms with Gasteiger partial charge >= 0.3 is 0 Å². The molecular formula is C15H28N2O2. The molecule has 110 valence electrons. The highest BCUT2D eigenvalue weighted by molar-refractivity contribution is 5.79. The Morgan fingerprint density at radius 2 is 1.89 bits per heavy atom. The SMILES string of the molecule is CC1CCC(C(=O)NC2CCCCCC2O)CC1N. The van der Waals surface area contributed by atoms with Crippen LogP contribution in [0, 0.1) is 11.8 Å². The van der Waals surface area contributed by atoms with Crippen molar-refractivity contribution in [1.29, 1.82) is 0 Å². The maximum atomic E-state index is 12.3. The van der Waals surface area contributed by atoms with Crippen LogP contribution in [0.15, 0.2) is 0 Å². The third-order valence-corrected chi connectivity index (χ3v) is 4.94. The summed E-state index contributed by atoms with van der Waals surface area (Å²) in [5.74, 6) is 0.669. The fourth-order valence-electron chi connectivity index (χ4n) is 3.35. The largest absolute Gasteiger partial charge is 0.391 e. The van der Waals surface area contributed by atoms with E-state index in [0.29, 0.717) is 5.92 Å². The minimum atomic E-state index is -0.373.